The average molecular weight is 1130 g/mol. The van der Waals surface area contributed by atoms with Gasteiger partial charge in [0.25, 0.3) is 11.8 Å². The van der Waals surface area contributed by atoms with Crippen LogP contribution in [0.15, 0.2) is 84.9 Å². The number of nitrogens with one attached hydrogen (secondary N) is 5. The largest absolute Gasteiger partial charge is 0.445 e. The molecule has 6 rings (SSSR count). The minimum Gasteiger partial charge on any atom is -0.445 e. The number of morpholine rings is 1. The average Bonchev–Trinajstić information content (AvgIpc) is 4.26. The standard InChI is InChI=1S/C57H74F2N12O10/c1-37(2)48(65-45(72)17-10-7-11-28-69-46(73)24-25-47(69)74)53(76)64-44(16-12-26-61-54(60)77)52(75)63-41-21-18-39(19-22-41)36-81-55(78)62-27-13-29-70(56(79)68-30-32-80-33-31-68)49(57(3,4)5)51-66-50(42-34-40(58)20-23-43(42)59)67-71(51)35-38-14-8-6-9-15-38/h6,8-9,14-15,18-25,34,37,44,48-49H,7,10-13,16-17,26-33,35-36H2,1-5H3,(H,62,78)(H,63,75)(H,64,76)(H,65,72)(H3,60,61,77). The van der Waals surface area contributed by atoms with E-state index in [-0.39, 0.29) is 106 Å². The number of nitrogens with two attached hydrogens (primary N) is 1. The lowest BCUT2D eigenvalue weighted by Gasteiger charge is -2.42. The Bertz CT molecular complexity index is 2840. The van der Waals surface area contributed by atoms with Crippen molar-refractivity contribution in [3.8, 4) is 11.4 Å². The Morgan fingerprint density at radius 2 is 1.51 bits per heavy atom. The van der Waals surface area contributed by atoms with Crippen molar-refractivity contribution in [2.75, 3.05) is 57.8 Å². The number of primary amides is 1. The summed E-state index contributed by atoms with van der Waals surface area (Å²) in [6.45, 7) is 11.5. The number of nitrogens with zero attached hydrogens (tertiary/aromatic N) is 6. The highest BCUT2D eigenvalue weighted by molar-refractivity contribution is 6.12. The zero-order valence-electron chi connectivity index (χ0n) is 46.5. The van der Waals surface area contributed by atoms with Crippen LogP contribution >= 0.6 is 0 Å². The molecule has 0 saturated carbocycles. The van der Waals surface area contributed by atoms with Crippen LogP contribution in [0.25, 0.3) is 11.4 Å². The topological polar surface area (TPSA) is 282 Å². The van der Waals surface area contributed by atoms with Crippen LogP contribution in [0.3, 0.4) is 0 Å². The van der Waals surface area contributed by atoms with E-state index in [0.717, 1.165) is 28.7 Å². The molecule has 4 aromatic rings. The Balaban J connectivity index is 1.05. The van der Waals surface area contributed by atoms with Gasteiger partial charge in [-0.05, 0) is 84.9 Å². The predicted octanol–water partition coefficient (Wildman–Crippen LogP) is 5.93. The summed E-state index contributed by atoms with van der Waals surface area (Å²) in [5.74, 6) is -3.68. The van der Waals surface area contributed by atoms with Crippen LogP contribution in [0, 0.1) is 23.0 Å². The molecule has 2 aliphatic rings. The molecule has 0 bridgehead atoms. The molecule has 24 heteroatoms. The fraction of sp³-hybridized carbons (Fsp3) is 0.474. The summed E-state index contributed by atoms with van der Waals surface area (Å²) in [4.78, 5) is 112. The molecule has 7 N–H and O–H groups in total. The lowest BCUT2D eigenvalue weighted by molar-refractivity contribution is -0.137. The summed E-state index contributed by atoms with van der Waals surface area (Å²) in [6, 6.07) is 15.2. The second-order valence-electron chi connectivity index (χ2n) is 21.2. The molecule has 22 nitrogen and oxygen atoms in total. The van der Waals surface area contributed by atoms with Gasteiger partial charge in [-0.15, -0.1) is 0 Å². The summed E-state index contributed by atoms with van der Waals surface area (Å²) in [5, 5.41) is 18.2. The molecule has 3 unspecified atom stereocenters. The first-order chi connectivity index (χ1) is 38.7. The van der Waals surface area contributed by atoms with Crippen molar-refractivity contribution in [2.45, 2.75) is 111 Å². The first kappa shape index (κ1) is 61.9. The second-order valence-corrected chi connectivity index (χ2v) is 21.2. The zero-order valence-corrected chi connectivity index (χ0v) is 46.5. The Hall–Kier alpha value is -8.28. The van der Waals surface area contributed by atoms with E-state index in [1.165, 1.54) is 12.2 Å². The smallest absolute Gasteiger partial charge is 0.407 e. The van der Waals surface area contributed by atoms with Crippen LogP contribution in [-0.2, 0) is 46.6 Å². The number of unbranched alkanes of at least 4 members (excludes halogenated alkanes) is 2. The number of hydrogen-bond donors (Lipinski definition) is 6. The third kappa shape index (κ3) is 18.7. The van der Waals surface area contributed by atoms with Gasteiger partial charge in [0.1, 0.15) is 30.3 Å². The maximum Gasteiger partial charge on any atom is 0.407 e. The summed E-state index contributed by atoms with van der Waals surface area (Å²) >= 11 is 0. The van der Waals surface area contributed by atoms with E-state index in [9.17, 15) is 42.7 Å². The van der Waals surface area contributed by atoms with Gasteiger partial charge in [0.2, 0.25) is 17.7 Å². The van der Waals surface area contributed by atoms with Gasteiger partial charge in [-0.1, -0.05) is 83.5 Å². The quantitative estimate of drug-likeness (QED) is 0.0300. The fourth-order valence-electron chi connectivity index (χ4n) is 9.24. The van der Waals surface area contributed by atoms with Crippen molar-refractivity contribution in [2.24, 2.45) is 17.1 Å². The molecule has 2 aliphatic heterocycles. The first-order valence-corrected chi connectivity index (χ1v) is 27.2. The predicted molar refractivity (Wildman–Crippen MR) is 295 cm³/mol. The molecule has 10 amide bonds. The van der Waals surface area contributed by atoms with Crippen LogP contribution in [0.2, 0.25) is 0 Å². The molecule has 436 valence electrons. The molecule has 81 heavy (non-hydrogen) atoms. The Morgan fingerprint density at radius 1 is 0.815 bits per heavy atom. The molecule has 3 heterocycles. The van der Waals surface area contributed by atoms with Gasteiger partial charge in [0.05, 0.1) is 31.4 Å². The van der Waals surface area contributed by atoms with Crippen molar-refractivity contribution in [1.29, 1.82) is 0 Å². The Labute approximate surface area is 469 Å². The number of urea groups is 2. The minimum atomic E-state index is -1.09. The SMILES string of the molecule is CC(C)C(NC(=O)CCCCCN1C(=O)C=CC1=O)C(=O)NC(CCCNC(N)=O)C(=O)Nc1ccc(COC(=O)NCCCN(C(=O)N2CCOCC2)C(c2nc(-c3cc(F)ccc3F)nn2Cc2ccccc2)C(C)(C)C)cc1. The van der Waals surface area contributed by atoms with Crippen LogP contribution in [0.4, 0.5) is 28.9 Å². The third-order valence-corrected chi connectivity index (χ3v) is 13.4. The van der Waals surface area contributed by atoms with Gasteiger partial charge in [0, 0.05) is 63.5 Å². The van der Waals surface area contributed by atoms with Crippen LogP contribution in [-0.4, -0.2) is 142 Å². The van der Waals surface area contributed by atoms with Gasteiger partial charge in [0.15, 0.2) is 11.6 Å². The number of imide groups is 1. The van der Waals surface area contributed by atoms with E-state index in [4.69, 9.17) is 25.3 Å². The normalized spacial score (nSPS) is 14.5. The van der Waals surface area contributed by atoms with Crippen LogP contribution < -0.4 is 32.3 Å². The highest BCUT2D eigenvalue weighted by atomic mass is 19.1. The van der Waals surface area contributed by atoms with Crippen molar-refractivity contribution in [3.05, 3.63) is 114 Å². The maximum absolute atomic E-state index is 15.3. The van der Waals surface area contributed by atoms with Gasteiger partial charge in [-0.2, -0.15) is 5.10 Å². The van der Waals surface area contributed by atoms with E-state index in [0.29, 0.717) is 62.6 Å². The maximum atomic E-state index is 15.3. The number of carbonyl (C=O) groups excluding carboxylic acids is 8. The first-order valence-electron chi connectivity index (χ1n) is 27.2. The molecule has 1 fully saturated rings. The number of alkyl carbamates (subject to hydrolysis) is 1. The minimum absolute atomic E-state index is 0.0395. The Kier molecular flexibility index (Phi) is 22.8. The molecule has 0 aliphatic carbocycles. The van der Waals surface area contributed by atoms with E-state index in [1.54, 1.807) is 52.6 Å². The number of rotatable bonds is 27. The summed E-state index contributed by atoms with van der Waals surface area (Å²) in [7, 11) is 0. The highest BCUT2D eigenvalue weighted by Crippen LogP contribution is 2.39. The summed E-state index contributed by atoms with van der Waals surface area (Å²) < 4.78 is 42.5. The highest BCUT2D eigenvalue weighted by Gasteiger charge is 2.41. The number of ether oxygens (including phenoxy) is 2. The van der Waals surface area contributed by atoms with Crippen LogP contribution in [0.5, 0.6) is 0 Å². The van der Waals surface area contributed by atoms with E-state index < -0.39 is 59.1 Å². The molecular weight excluding hydrogens is 1050 g/mol. The molecule has 3 aromatic carbocycles. The molecule has 0 spiro atoms. The monoisotopic (exact) mass is 1120 g/mol. The van der Waals surface area contributed by atoms with Crippen molar-refractivity contribution < 1.29 is 56.6 Å². The number of halogens is 2. The zero-order chi connectivity index (χ0) is 58.6. The number of amides is 10. The van der Waals surface area contributed by atoms with Crippen molar-refractivity contribution in [3.63, 3.8) is 0 Å². The number of anilines is 1. The van der Waals surface area contributed by atoms with Crippen molar-refractivity contribution >= 4 is 53.4 Å². The Morgan fingerprint density at radius 3 is 2.17 bits per heavy atom. The lowest BCUT2D eigenvalue weighted by Crippen LogP contribution is -2.54. The fourth-order valence-corrected chi connectivity index (χ4v) is 9.24. The van der Waals surface area contributed by atoms with Gasteiger partial charge in [-0.25, -0.2) is 32.8 Å². The molecule has 3 atom stereocenters. The molecular formula is C57H74F2N12O10. The van der Waals surface area contributed by atoms with Gasteiger partial charge in [-0.3, -0.25) is 28.9 Å². The molecule has 1 saturated heterocycles. The van der Waals surface area contributed by atoms with Crippen LogP contribution in [0.1, 0.15) is 103 Å². The van der Waals surface area contributed by atoms with E-state index >= 15 is 4.39 Å². The summed E-state index contributed by atoms with van der Waals surface area (Å²) in [5.41, 5.74) is 6.23. The van der Waals surface area contributed by atoms with E-state index in [2.05, 4.69) is 26.6 Å². The number of carbonyl (C=O) groups is 8. The van der Waals surface area contributed by atoms with Gasteiger partial charge < -0.3 is 51.6 Å². The summed E-state index contributed by atoms with van der Waals surface area (Å²) in [6.07, 6.45) is 4.01. The van der Waals surface area contributed by atoms with Crippen molar-refractivity contribution in [1.82, 2.24) is 50.7 Å². The number of hydrogen-bond acceptors (Lipinski definition) is 12. The number of benzene rings is 3. The number of aromatic nitrogens is 3. The lowest BCUT2D eigenvalue weighted by atomic mass is 9.84. The third-order valence-electron chi connectivity index (χ3n) is 13.4. The second kappa shape index (κ2) is 29.8. The van der Waals surface area contributed by atoms with E-state index in [1.807, 2.05) is 51.1 Å². The van der Waals surface area contributed by atoms with Gasteiger partial charge >= 0.3 is 18.2 Å². The molecule has 0 radical (unpaired) electrons. The molecule has 1 aromatic heterocycles.